The van der Waals surface area contributed by atoms with E-state index in [0.717, 1.165) is 14.9 Å². The third-order valence-electron chi connectivity index (χ3n) is 4.54. The molecule has 0 spiro atoms. The Morgan fingerprint density at radius 3 is 2.06 bits per heavy atom. The Morgan fingerprint density at radius 1 is 0.909 bits per heavy atom. The highest BCUT2D eigenvalue weighted by molar-refractivity contribution is 9.10. The molecule has 0 aliphatic rings. The summed E-state index contributed by atoms with van der Waals surface area (Å²) in [6.07, 6.45) is -1.86. The summed E-state index contributed by atoms with van der Waals surface area (Å²) in [7, 11) is 0. The first-order valence-electron chi connectivity index (χ1n) is 9.85. The van der Waals surface area contributed by atoms with Gasteiger partial charge in [-0.2, -0.15) is 13.2 Å². The molecule has 0 bridgehead atoms. The van der Waals surface area contributed by atoms with Crippen LogP contribution in [0.15, 0.2) is 95.5 Å². The van der Waals surface area contributed by atoms with E-state index in [2.05, 4.69) is 20.7 Å². The zero-order valence-corrected chi connectivity index (χ0v) is 18.8. The van der Waals surface area contributed by atoms with Crippen LogP contribution in [-0.2, 0) is 14.3 Å². The van der Waals surface area contributed by atoms with Crippen molar-refractivity contribution in [3.8, 4) is 0 Å². The van der Waals surface area contributed by atoms with Gasteiger partial charge in [0.2, 0.25) is 0 Å². The molecule has 33 heavy (non-hydrogen) atoms. The van der Waals surface area contributed by atoms with Gasteiger partial charge in [0.05, 0.1) is 0 Å². The number of rotatable bonds is 7. The van der Waals surface area contributed by atoms with Crippen LogP contribution in [0.5, 0.6) is 0 Å². The summed E-state index contributed by atoms with van der Waals surface area (Å²) in [5.74, 6) is -1.79. The third kappa shape index (κ3) is 7.05. The molecule has 3 rings (SSSR count). The van der Waals surface area contributed by atoms with Crippen molar-refractivity contribution < 1.29 is 27.5 Å². The average molecular weight is 518 g/mol. The molecular formula is C25H19BrF3NO3. The molecule has 0 aromatic heterocycles. The number of nitrogens with zero attached hydrogens (tertiary/aromatic N) is 1. The summed E-state index contributed by atoms with van der Waals surface area (Å²) in [4.78, 5) is 27.3. The highest BCUT2D eigenvalue weighted by Gasteiger charge is 2.36. The largest absolute Gasteiger partial charge is 0.454 e. The van der Waals surface area contributed by atoms with Crippen LogP contribution in [-0.4, -0.2) is 24.7 Å². The van der Waals surface area contributed by atoms with E-state index < -0.39 is 30.7 Å². The highest BCUT2D eigenvalue weighted by Crippen LogP contribution is 2.31. The van der Waals surface area contributed by atoms with Crippen LogP contribution in [0, 0.1) is 0 Å². The lowest BCUT2D eigenvalue weighted by atomic mass is 10.0. The Labute approximate surface area is 197 Å². The fraction of sp³-hybridized carbons (Fsp3) is 0.120. The van der Waals surface area contributed by atoms with Crippen molar-refractivity contribution in [2.24, 2.45) is 0 Å². The first-order valence-corrected chi connectivity index (χ1v) is 10.6. The van der Waals surface area contributed by atoms with Crippen LogP contribution in [0.4, 0.5) is 18.9 Å². The van der Waals surface area contributed by atoms with Crippen LogP contribution in [0.25, 0.3) is 6.08 Å². The van der Waals surface area contributed by atoms with Gasteiger partial charge in [-0.1, -0.05) is 76.6 Å². The number of carbonyl (C=O) groups is 2. The van der Waals surface area contributed by atoms with Gasteiger partial charge in [0.15, 0.2) is 12.6 Å². The lowest BCUT2D eigenvalue weighted by Gasteiger charge is -2.30. The average Bonchev–Trinajstić information content (AvgIpc) is 2.81. The molecule has 3 aromatic rings. The van der Waals surface area contributed by atoms with Crippen molar-refractivity contribution in [3.63, 3.8) is 0 Å². The number of amides is 1. The van der Waals surface area contributed by atoms with Crippen LogP contribution < -0.4 is 4.90 Å². The molecular weight excluding hydrogens is 499 g/mol. The number of halogens is 4. The first kappa shape index (κ1) is 24.3. The normalized spacial score (nSPS) is 12.4. The maximum absolute atomic E-state index is 13.3. The maximum Gasteiger partial charge on any atom is 0.422 e. The number of benzene rings is 3. The fourth-order valence-electron chi connectivity index (χ4n) is 3.07. The van der Waals surface area contributed by atoms with Crippen molar-refractivity contribution in [1.29, 1.82) is 0 Å². The minimum atomic E-state index is -4.70. The number of esters is 1. The molecule has 0 saturated heterocycles. The monoisotopic (exact) mass is 517 g/mol. The van der Waals surface area contributed by atoms with Crippen LogP contribution in [0.3, 0.4) is 0 Å². The van der Waals surface area contributed by atoms with E-state index in [1.165, 1.54) is 6.08 Å². The van der Waals surface area contributed by atoms with Gasteiger partial charge in [-0.3, -0.25) is 9.69 Å². The molecule has 1 unspecified atom stereocenters. The highest BCUT2D eigenvalue weighted by atomic mass is 79.9. The van der Waals surface area contributed by atoms with Crippen molar-refractivity contribution in [3.05, 3.63) is 107 Å². The smallest absolute Gasteiger partial charge is 0.422 e. The van der Waals surface area contributed by atoms with Crippen molar-refractivity contribution in [2.45, 2.75) is 12.2 Å². The molecule has 4 nitrogen and oxygen atoms in total. The van der Waals surface area contributed by atoms with Crippen LogP contribution >= 0.6 is 15.9 Å². The minimum Gasteiger partial charge on any atom is -0.454 e. The Kier molecular flexibility index (Phi) is 8.06. The fourth-order valence-corrected chi connectivity index (χ4v) is 3.34. The summed E-state index contributed by atoms with van der Waals surface area (Å²) in [5, 5.41) is 0. The van der Waals surface area contributed by atoms with E-state index >= 15 is 0 Å². The summed E-state index contributed by atoms with van der Waals surface area (Å²) in [6.45, 7) is -1.75. The molecule has 1 amide bonds. The number of anilines is 1. The number of carbonyl (C=O) groups excluding carboxylic acids is 2. The molecule has 0 fully saturated rings. The van der Waals surface area contributed by atoms with Gasteiger partial charge in [-0.25, -0.2) is 4.79 Å². The molecule has 0 aliphatic carbocycles. The summed E-state index contributed by atoms with van der Waals surface area (Å²) in [6, 6.07) is 22.2. The van der Waals surface area contributed by atoms with Crippen molar-refractivity contribution in [1.82, 2.24) is 0 Å². The van der Waals surface area contributed by atoms with E-state index in [1.54, 1.807) is 84.9 Å². The maximum atomic E-state index is 13.3. The summed E-state index contributed by atoms with van der Waals surface area (Å²) in [5.41, 5.74) is 1.38. The molecule has 170 valence electrons. The molecule has 8 heteroatoms. The van der Waals surface area contributed by atoms with Gasteiger partial charge in [0, 0.05) is 16.2 Å². The lowest BCUT2D eigenvalue weighted by molar-refractivity contribution is -0.187. The van der Waals surface area contributed by atoms with Gasteiger partial charge in [-0.15, -0.1) is 0 Å². The Hall–Kier alpha value is -3.39. The second-order valence-corrected chi connectivity index (χ2v) is 7.88. The Bertz CT molecular complexity index is 1100. The molecule has 0 saturated carbocycles. The predicted molar refractivity (Wildman–Crippen MR) is 123 cm³/mol. The second kappa shape index (κ2) is 11.0. The van der Waals surface area contributed by atoms with E-state index in [-0.39, 0.29) is 0 Å². The van der Waals surface area contributed by atoms with Crippen molar-refractivity contribution in [2.75, 3.05) is 11.5 Å². The topological polar surface area (TPSA) is 46.6 Å². The third-order valence-corrected chi connectivity index (χ3v) is 5.06. The zero-order valence-electron chi connectivity index (χ0n) is 17.2. The first-order chi connectivity index (χ1) is 15.7. The quantitative estimate of drug-likeness (QED) is 0.271. The molecule has 0 heterocycles. The molecule has 0 N–H and O–H groups in total. The van der Waals surface area contributed by atoms with Gasteiger partial charge in [-0.05, 0) is 41.5 Å². The van der Waals surface area contributed by atoms with E-state index in [1.807, 2.05) is 6.07 Å². The SMILES string of the molecule is O=C(OCC(F)(F)F)C(c1ccccc1)N(C(=O)/C=C/c1ccccc1)c1ccc(Br)cc1. The Morgan fingerprint density at radius 2 is 1.48 bits per heavy atom. The zero-order chi connectivity index (χ0) is 23.8. The predicted octanol–water partition coefficient (Wildman–Crippen LogP) is 6.34. The molecule has 0 radical (unpaired) electrons. The lowest BCUT2D eigenvalue weighted by Crippen LogP contribution is -2.40. The molecule has 1 atom stereocenters. The van der Waals surface area contributed by atoms with Gasteiger partial charge < -0.3 is 4.74 Å². The van der Waals surface area contributed by atoms with Crippen molar-refractivity contribution >= 4 is 39.6 Å². The molecule has 3 aromatic carbocycles. The van der Waals surface area contributed by atoms with E-state index in [4.69, 9.17) is 0 Å². The van der Waals surface area contributed by atoms with Crippen LogP contribution in [0.1, 0.15) is 17.2 Å². The standard InChI is InChI=1S/C25H19BrF3NO3/c26-20-12-14-21(15-13-20)30(22(31)16-11-18-7-3-1-4-8-18)23(19-9-5-2-6-10-19)24(32)33-17-25(27,28)29/h1-16,23H,17H2/b16-11+. The van der Waals surface area contributed by atoms with E-state index in [9.17, 15) is 22.8 Å². The van der Waals surface area contributed by atoms with Gasteiger partial charge in [0.25, 0.3) is 5.91 Å². The number of ether oxygens (including phenoxy) is 1. The van der Waals surface area contributed by atoms with Gasteiger partial charge >= 0.3 is 12.1 Å². The van der Waals surface area contributed by atoms with Gasteiger partial charge in [0.1, 0.15) is 0 Å². The summed E-state index contributed by atoms with van der Waals surface area (Å²) < 4.78 is 43.5. The second-order valence-electron chi connectivity index (χ2n) is 6.96. The number of hydrogen-bond donors (Lipinski definition) is 0. The van der Waals surface area contributed by atoms with E-state index in [0.29, 0.717) is 11.3 Å². The summed E-state index contributed by atoms with van der Waals surface area (Å²) >= 11 is 3.32. The minimum absolute atomic E-state index is 0.314. The van der Waals surface area contributed by atoms with Crippen LogP contribution in [0.2, 0.25) is 0 Å². The number of alkyl halides is 3. The Balaban J connectivity index is 2.04. The molecule has 0 aliphatic heterocycles. The number of hydrogen-bond acceptors (Lipinski definition) is 3.